The molecule has 0 bridgehead atoms. The van der Waals surface area contributed by atoms with Crippen molar-refractivity contribution in [2.75, 3.05) is 0 Å². The summed E-state index contributed by atoms with van der Waals surface area (Å²) in [7, 11) is 0. The van der Waals surface area contributed by atoms with Crippen LogP contribution in [0.1, 0.15) is 31.9 Å². The summed E-state index contributed by atoms with van der Waals surface area (Å²) in [6.45, 7) is 2.13. The molecule has 0 spiro atoms. The van der Waals surface area contributed by atoms with Crippen LogP contribution < -0.4 is 18.9 Å². The molecule has 0 aliphatic heterocycles. The van der Waals surface area contributed by atoms with E-state index in [1.807, 2.05) is 0 Å². The Morgan fingerprint density at radius 1 is 1.43 bits per heavy atom. The summed E-state index contributed by atoms with van der Waals surface area (Å²) in [6, 6.07) is 3.21. The second-order valence-corrected chi connectivity index (χ2v) is 3.78. The Balaban J connectivity index is 0.00000169. The molecule has 0 amide bonds. The minimum Gasteiger partial charge on any atom is -0.766 e. The quantitative estimate of drug-likeness (QED) is 0.363. The Morgan fingerprint density at radius 2 is 2.14 bits per heavy atom. The molecular formula is C9H13LiO3S. The molecule has 0 radical (unpaired) electrons. The van der Waals surface area contributed by atoms with Crippen molar-refractivity contribution < 1.29 is 32.0 Å². The zero-order valence-corrected chi connectivity index (χ0v) is 9.43. The number of unbranched alkanes of at least 4 members (excludes halogenated alkanes) is 2. The monoisotopic (exact) mass is 208 g/mol. The smallest absolute Gasteiger partial charge is 0.766 e. The summed E-state index contributed by atoms with van der Waals surface area (Å²) in [5.41, 5.74) is 0. The van der Waals surface area contributed by atoms with Gasteiger partial charge in [0.05, 0.1) is 0 Å². The zero-order chi connectivity index (χ0) is 9.68. The molecule has 0 aliphatic rings. The van der Waals surface area contributed by atoms with Crippen LogP contribution in [0.25, 0.3) is 0 Å². The van der Waals surface area contributed by atoms with Crippen LogP contribution in [-0.2, 0) is 17.5 Å². The van der Waals surface area contributed by atoms with Crippen LogP contribution in [0.4, 0.5) is 0 Å². The van der Waals surface area contributed by atoms with Crippen molar-refractivity contribution in [1.29, 1.82) is 0 Å². The third-order valence-electron chi connectivity index (χ3n) is 1.83. The van der Waals surface area contributed by atoms with Gasteiger partial charge in [-0.25, -0.2) is 0 Å². The normalized spacial score (nSPS) is 12.1. The van der Waals surface area contributed by atoms with E-state index in [2.05, 4.69) is 6.92 Å². The van der Waals surface area contributed by atoms with Crippen molar-refractivity contribution in [3.05, 3.63) is 17.9 Å². The predicted octanol–water partition coefficient (Wildman–Crippen LogP) is -0.746. The van der Waals surface area contributed by atoms with E-state index >= 15 is 0 Å². The second kappa shape index (κ2) is 7.30. The van der Waals surface area contributed by atoms with E-state index in [1.165, 1.54) is 6.07 Å². The van der Waals surface area contributed by atoms with Gasteiger partial charge in [-0.3, -0.25) is 4.21 Å². The van der Waals surface area contributed by atoms with Gasteiger partial charge >= 0.3 is 18.9 Å². The van der Waals surface area contributed by atoms with Crippen molar-refractivity contribution >= 4 is 11.1 Å². The molecule has 5 heteroatoms. The van der Waals surface area contributed by atoms with Gasteiger partial charge in [0.1, 0.15) is 5.76 Å². The molecule has 1 unspecified atom stereocenters. The topological polar surface area (TPSA) is 53.3 Å². The van der Waals surface area contributed by atoms with Gasteiger partial charge in [0.25, 0.3) is 0 Å². The van der Waals surface area contributed by atoms with Gasteiger partial charge < -0.3 is 8.97 Å². The summed E-state index contributed by atoms with van der Waals surface area (Å²) in [4.78, 5) is 0. The van der Waals surface area contributed by atoms with E-state index < -0.39 is 11.1 Å². The fourth-order valence-corrected chi connectivity index (χ4v) is 1.49. The minimum absolute atomic E-state index is 0. The summed E-state index contributed by atoms with van der Waals surface area (Å²) >= 11 is -2.23. The maximum atomic E-state index is 10.5. The molecule has 1 heterocycles. The van der Waals surface area contributed by atoms with Crippen LogP contribution in [0, 0.1) is 0 Å². The molecule has 0 aromatic carbocycles. The molecular weight excluding hydrogens is 195 g/mol. The van der Waals surface area contributed by atoms with E-state index in [4.69, 9.17) is 4.42 Å². The summed E-state index contributed by atoms with van der Waals surface area (Å²) in [5, 5.41) is 0.0338. The molecule has 1 atom stereocenters. The molecule has 0 aliphatic carbocycles. The Bertz CT molecular complexity index is 285. The van der Waals surface area contributed by atoms with E-state index in [0.717, 1.165) is 31.4 Å². The van der Waals surface area contributed by atoms with Crippen molar-refractivity contribution in [3.63, 3.8) is 0 Å². The van der Waals surface area contributed by atoms with Crippen LogP contribution >= 0.6 is 0 Å². The summed E-state index contributed by atoms with van der Waals surface area (Å²) in [6.07, 6.45) is 4.18. The van der Waals surface area contributed by atoms with Gasteiger partial charge in [-0.05, 0) is 18.6 Å². The number of aryl methyl sites for hydroxylation is 1. The van der Waals surface area contributed by atoms with Crippen LogP contribution in [0.2, 0.25) is 0 Å². The maximum absolute atomic E-state index is 10.5. The Labute approximate surface area is 98.7 Å². The fourth-order valence-electron chi connectivity index (χ4n) is 1.13. The zero-order valence-electron chi connectivity index (χ0n) is 8.62. The van der Waals surface area contributed by atoms with Crippen molar-refractivity contribution in [2.45, 2.75) is 37.7 Å². The fraction of sp³-hybridized carbons (Fsp3) is 0.556. The van der Waals surface area contributed by atoms with Crippen LogP contribution in [-0.4, -0.2) is 8.76 Å². The van der Waals surface area contributed by atoms with Crippen LogP contribution in [0.3, 0.4) is 0 Å². The third kappa shape index (κ3) is 4.47. The number of hydrogen-bond donors (Lipinski definition) is 0. The van der Waals surface area contributed by atoms with Crippen molar-refractivity contribution in [2.24, 2.45) is 0 Å². The van der Waals surface area contributed by atoms with E-state index in [9.17, 15) is 8.76 Å². The Hall–Kier alpha value is -0.0126. The van der Waals surface area contributed by atoms with Gasteiger partial charge in [0.2, 0.25) is 0 Å². The molecule has 0 saturated carbocycles. The first-order valence-electron chi connectivity index (χ1n) is 4.42. The van der Waals surface area contributed by atoms with Crippen molar-refractivity contribution in [1.82, 2.24) is 0 Å². The molecule has 0 saturated heterocycles. The molecule has 0 fully saturated rings. The molecule has 1 aromatic rings. The average Bonchev–Trinajstić information content (AvgIpc) is 2.53. The third-order valence-corrected chi connectivity index (χ3v) is 2.38. The van der Waals surface area contributed by atoms with E-state index in [-0.39, 0.29) is 24.0 Å². The first-order chi connectivity index (χ1) is 6.24. The second-order valence-electron chi connectivity index (χ2n) is 2.91. The van der Waals surface area contributed by atoms with Gasteiger partial charge in [-0.1, -0.05) is 19.8 Å². The van der Waals surface area contributed by atoms with Gasteiger partial charge in [0, 0.05) is 17.5 Å². The first-order valence-corrected chi connectivity index (χ1v) is 5.49. The first kappa shape index (κ1) is 14.0. The number of furan rings is 1. The predicted molar refractivity (Wildman–Crippen MR) is 49.1 cm³/mol. The van der Waals surface area contributed by atoms with Gasteiger partial charge in [0.15, 0.2) is 5.09 Å². The van der Waals surface area contributed by atoms with Gasteiger partial charge in [-0.15, -0.1) is 0 Å². The van der Waals surface area contributed by atoms with Crippen molar-refractivity contribution in [3.8, 4) is 0 Å². The molecule has 0 N–H and O–H groups in total. The summed E-state index contributed by atoms with van der Waals surface area (Å²) in [5.74, 6) is 0.757. The van der Waals surface area contributed by atoms with Crippen LogP contribution in [0.15, 0.2) is 21.6 Å². The molecule has 1 aromatic heterocycles. The number of hydrogen-bond acceptors (Lipinski definition) is 3. The Morgan fingerprint density at radius 3 is 2.64 bits per heavy atom. The SMILES string of the molecule is CCCCCc1ccc(S(=O)[O-])o1.[Li+]. The molecule has 74 valence electrons. The average molecular weight is 208 g/mol. The molecule has 14 heavy (non-hydrogen) atoms. The summed E-state index contributed by atoms with van der Waals surface area (Å²) < 4.78 is 26.0. The van der Waals surface area contributed by atoms with E-state index in [0.29, 0.717) is 0 Å². The van der Waals surface area contributed by atoms with Crippen LogP contribution in [0.5, 0.6) is 0 Å². The maximum Gasteiger partial charge on any atom is 1.00 e. The van der Waals surface area contributed by atoms with Gasteiger partial charge in [-0.2, -0.15) is 0 Å². The molecule has 1 rings (SSSR count). The number of rotatable bonds is 5. The van der Waals surface area contributed by atoms with E-state index in [1.54, 1.807) is 6.07 Å². The Kier molecular flexibility index (Phi) is 7.30. The standard InChI is InChI=1S/C9H14O3S.Li/c1-2-3-4-5-8-6-7-9(12-8)13(10)11;/h6-7H,2-5H2,1H3,(H,10,11);/q;+1/p-1. The minimum atomic E-state index is -2.23. The molecule has 3 nitrogen and oxygen atoms in total. The largest absolute Gasteiger partial charge is 1.00 e.